The third-order valence-electron chi connectivity index (χ3n) is 2.14. The first-order valence-electron chi connectivity index (χ1n) is 5.47. The molecule has 0 bridgehead atoms. The standard InChI is InChI=1S/C12H19NO3/c1-3-16-11-6-4-5-10(12(11)15)8-13-7-9(2)14/h4-6,9,13-15H,3,7-8H2,1-2H3/t9-/m0/s1. The molecule has 0 aliphatic heterocycles. The summed E-state index contributed by atoms with van der Waals surface area (Å²) in [5.41, 5.74) is 0.770. The molecule has 0 unspecified atom stereocenters. The van der Waals surface area contributed by atoms with Gasteiger partial charge in [0, 0.05) is 18.7 Å². The number of phenolic OH excluding ortho intramolecular Hbond substituents is 1. The Kier molecular flexibility index (Phi) is 5.08. The Hall–Kier alpha value is -1.26. The number of hydrogen-bond acceptors (Lipinski definition) is 4. The maximum atomic E-state index is 9.86. The summed E-state index contributed by atoms with van der Waals surface area (Å²) in [6.07, 6.45) is -0.391. The van der Waals surface area contributed by atoms with Gasteiger partial charge < -0.3 is 20.3 Å². The van der Waals surface area contributed by atoms with E-state index in [4.69, 9.17) is 9.84 Å². The highest BCUT2D eigenvalue weighted by Crippen LogP contribution is 2.29. The van der Waals surface area contributed by atoms with Crippen molar-refractivity contribution < 1.29 is 14.9 Å². The number of phenols is 1. The van der Waals surface area contributed by atoms with E-state index in [1.165, 1.54) is 0 Å². The van der Waals surface area contributed by atoms with Crippen LogP contribution in [0.3, 0.4) is 0 Å². The zero-order valence-corrected chi connectivity index (χ0v) is 9.73. The van der Waals surface area contributed by atoms with Crippen LogP contribution in [0.25, 0.3) is 0 Å². The minimum atomic E-state index is -0.391. The van der Waals surface area contributed by atoms with Crippen LogP contribution in [0.2, 0.25) is 0 Å². The van der Waals surface area contributed by atoms with Crippen LogP contribution in [0.4, 0.5) is 0 Å². The number of aromatic hydroxyl groups is 1. The molecule has 0 heterocycles. The molecule has 0 fully saturated rings. The van der Waals surface area contributed by atoms with Gasteiger partial charge in [-0.25, -0.2) is 0 Å². The molecule has 0 saturated carbocycles. The average molecular weight is 225 g/mol. The Bertz CT molecular complexity index is 326. The van der Waals surface area contributed by atoms with Gasteiger partial charge in [0.2, 0.25) is 0 Å². The molecule has 1 aromatic carbocycles. The van der Waals surface area contributed by atoms with Crippen molar-refractivity contribution in [2.45, 2.75) is 26.5 Å². The van der Waals surface area contributed by atoms with Crippen molar-refractivity contribution in [3.8, 4) is 11.5 Å². The van der Waals surface area contributed by atoms with Crippen LogP contribution in [0.1, 0.15) is 19.4 Å². The minimum absolute atomic E-state index is 0.169. The first-order valence-corrected chi connectivity index (χ1v) is 5.47. The van der Waals surface area contributed by atoms with E-state index in [0.29, 0.717) is 25.4 Å². The van der Waals surface area contributed by atoms with E-state index in [1.54, 1.807) is 13.0 Å². The van der Waals surface area contributed by atoms with Crippen LogP contribution in [-0.4, -0.2) is 29.5 Å². The summed E-state index contributed by atoms with van der Waals surface area (Å²) in [5.74, 6) is 0.668. The zero-order valence-electron chi connectivity index (χ0n) is 9.73. The van der Waals surface area contributed by atoms with Gasteiger partial charge in [0.1, 0.15) is 0 Å². The van der Waals surface area contributed by atoms with Crippen molar-refractivity contribution in [3.05, 3.63) is 23.8 Å². The first kappa shape index (κ1) is 12.8. The number of nitrogens with one attached hydrogen (secondary N) is 1. The summed E-state index contributed by atoms with van der Waals surface area (Å²) in [6.45, 7) is 5.12. The van der Waals surface area contributed by atoms with Gasteiger partial charge in [-0.05, 0) is 19.9 Å². The molecule has 16 heavy (non-hydrogen) atoms. The second kappa shape index (κ2) is 6.35. The summed E-state index contributed by atoms with van der Waals surface area (Å²) >= 11 is 0. The van der Waals surface area contributed by atoms with E-state index in [-0.39, 0.29) is 5.75 Å². The number of benzene rings is 1. The second-order valence-corrected chi connectivity index (χ2v) is 3.68. The molecule has 1 rings (SSSR count). The van der Waals surface area contributed by atoms with Crippen LogP contribution in [-0.2, 0) is 6.54 Å². The predicted molar refractivity (Wildman–Crippen MR) is 62.7 cm³/mol. The Morgan fingerprint density at radius 3 is 2.81 bits per heavy atom. The number of rotatable bonds is 6. The van der Waals surface area contributed by atoms with E-state index >= 15 is 0 Å². The molecule has 1 atom stereocenters. The predicted octanol–water partition coefficient (Wildman–Crippen LogP) is 1.26. The number of aliphatic hydroxyl groups is 1. The Morgan fingerprint density at radius 1 is 1.44 bits per heavy atom. The lowest BCUT2D eigenvalue weighted by atomic mass is 10.2. The molecule has 0 spiro atoms. The summed E-state index contributed by atoms with van der Waals surface area (Å²) in [6, 6.07) is 5.40. The molecule has 0 radical (unpaired) electrons. The zero-order chi connectivity index (χ0) is 12.0. The van der Waals surface area contributed by atoms with Gasteiger partial charge in [0.05, 0.1) is 12.7 Å². The third-order valence-corrected chi connectivity index (χ3v) is 2.14. The van der Waals surface area contributed by atoms with E-state index in [0.717, 1.165) is 5.56 Å². The number of para-hydroxylation sites is 1. The smallest absolute Gasteiger partial charge is 0.162 e. The van der Waals surface area contributed by atoms with Gasteiger partial charge in [0.25, 0.3) is 0 Å². The summed E-state index contributed by atoms with van der Waals surface area (Å²) in [5, 5.41) is 22.0. The lowest BCUT2D eigenvalue weighted by molar-refractivity contribution is 0.191. The molecule has 3 N–H and O–H groups in total. The number of hydrogen-bond donors (Lipinski definition) is 3. The second-order valence-electron chi connectivity index (χ2n) is 3.68. The van der Waals surface area contributed by atoms with Gasteiger partial charge in [-0.2, -0.15) is 0 Å². The van der Waals surface area contributed by atoms with Gasteiger partial charge in [-0.15, -0.1) is 0 Å². The molecule has 4 nitrogen and oxygen atoms in total. The van der Waals surface area contributed by atoms with Crippen molar-refractivity contribution in [2.75, 3.05) is 13.2 Å². The van der Waals surface area contributed by atoms with Crippen molar-refractivity contribution in [1.82, 2.24) is 5.32 Å². The van der Waals surface area contributed by atoms with Crippen LogP contribution >= 0.6 is 0 Å². The molecule has 0 amide bonds. The molecule has 4 heteroatoms. The van der Waals surface area contributed by atoms with Crippen LogP contribution in [0.5, 0.6) is 11.5 Å². The van der Waals surface area contributed by atoms with Crippen molar-refractivity contribution in [1.29, 1.82) is 0 Å². The normalized spacial score (nSPS) is 12.4. The molecule has 0 aromatic heterocycles. The average Bonchev–Trinajstić information content (AvgIpc) is 2.23. The third kappa shape index (κ3) is 3.72. The summed E-state index contributed by atoms with van der Waals surface area (Å²) in [7, 11) is 0. The minimum Gasteiger partial charge on any atom is -0.504 e. The number of ether oxygens (including phenoxy) is 1. The molecule has 90 valence electrons. The van der Waals surface area contributed by atoms with E-state index < -0.39 is 6.10 Å². The summed E-state index contributed by atoms with van der Waals surface area (Å²) in [4.78, 5) is 0. The lowest BCUT2D eigenvalue weighted by Gasteiger charge is -2.11. The van der Waals surface area contributed by atoms with Crippen LogP contribution in [0, 0.1) is 0 Å². The highest BCUT2D eigenvalue weighted by Gasteiger charge is 2.07. The molecular formula is C12H19NO3. The molecular weight excluding hydrogens is 206 g/mol. The van der Waals surface area contributed by atoms with Crippen molar-refractivity contribution in [2.24, 2.45) is 0 Å². The first-order chi connectivity index (χ1) is 7.65. The fourth-order valence-corrected chi connectivity index (χ4v) is 1.40. The fraction of sp³-hybridized carbons (Fsp3) is 0.500. The van der Waals surface area contributed by atoms with Gasteiger partial charge in [-0.1, -0.05) is 12.1 Å². The van der Waals surface area contributed by atoms with Crippen molar-refractivity contribution in [3.63, 3.8) is 0 Å². The van der Waals surface area contributed by atoms with Gasteiger partial charge >= 0.3 is 0 Å². The largest absolute Gasteiger partial charge is 0.504 e. The Balaban J connectivity index is 2.62. The van der Waals surface area contributed by atoms with Crippen molar-refractivity contribution >= 4 is 0 Å². The van der Waals surface area contributed by atoms with Gasteiger partial charge in [-0.3, -0.25) is 0 Å². The number of aliphatic hydroxyl groups excluding tert-OH is 1. The molecule has 0 aliphatic rings. The van der Waals surface area contributed by atoms with E-state index in [9.17, 15) is 5.11 Å². The SMILES string of the molecule is CCOc1cccc(CNC[C@H](C)O)c1O. The topological polar surface area (TPSA) is 61.7 Å². The molecule has 1 aromatic rings. The monoisotopic (exact) mass is 225 g/mol. The quantitative estimate of drug-likeness (QED) is 0.682. The summed E-state index contributed by atoms with van der Waals surface area (Å²) < 4.78 is 5.28. The molecule has 0 aliphatic carbocycles. The van der Waals surface area contributed by atoms with Crippen LogP contribution in [0.15, 0.2) is 18.2 Å². The fourth-order valence-electron chi connectivity index (χ4n) is 1.40. The van der Waals surface area contributed by atoms with Gasteiger partial charge in [0.15, 0.2) is 11.5 Å². The van der Waals surface area contributed by atoms with E-state index in [2.05, 4.69) is 5.32 Å². The lowest BCUT2D eigenvalue weighted by Crippen LogP contribution is -2.23. The highest BCUT2D eigenvalue weighted by molar-refractivity contribution is 5.45. The Labute approximate surface area is 95.9 Å². The van der Waals surface area contributed by atoms with E-state index in [1.807, 2.05) is 19.1 Å². The highest BCUT2D eigenvalue weighted by atomic mass is 16.5. The molecule has 0 saturated heterocycles. The van der Waals surface area contributed by atoms with Crippen LogP contribution < -0.4 is 10.1 Å². The maximum Gasteiger partial charge on any atom is 0.162 e. The Morgan fingerprint density at radius 2 is 2.19 bits per heavy atom. The maximum absolute atomic E-state index is 9.86.